The predicted molar refractivity (Wildman–Crippen MR) is 143 cm³/mol. The van der Waals surface area contributed by atoms with Gasteiger partial charge in [0, 0.05) is 17.3 Å². The number of hydrogen-bond donors (Lipinski definition) is 0. The first-order valence-corrected chi connectivity index (χ1v) is 12.0. The highest BCUT2D eigenvalue weighted by atomic mass is 32.1. The number of rotatable bonds is 7. The summed E-state index contributed by atoms with van der Waals surface area (Å²) >= 11 is 1.51. The smallest absolute Gasteiger partial charge is 0.135 e. The van der Waals surface area contributed by atoms with Crippen LogP contribution in [0.3, 0.4) is 0 Å². The van der Waals surface area contributed by atoms with Gasteiger partial charge in [0.05, 0.1) is 21.5 Å². The Morgan fingerprint density at radius 3 is 2.66 bits per heavy atom. The molecule has 35 heavy (non-hydrogen) atoms. The molecule has 3 aromatic carbocycles. The zero-order valence-electron chi connectivity index (χ0n) is 19.2. The lowest BCUT2D eigenvalue weighted by Crippen LogP contribution is -1.96. The Morgan fingerprint density at radius 1 is 1.11 bits per heavy atom. The molecule has 5 rings (SSSR count). The average Bonchev–Trinajstić information content (AvgIpc) is 3.51. The maximum atomic E-state index is 10.0. The second-order valence-corrected chi connectivity index (χ2v) is 8.98. The summed E-state index contributed by atoms with van der Waals surface area (Å²) in [5.74, 6) is 0.806. The maximum absolute atomic E-state index is 10.0. The number of fused-ring (bicyclic) bond motifs is 1. The lowest BCUT2D eigenvalue weighted by molar-refractivity contribution is 0.361. The molecule has 5 aromatic rings. The van der Waals surface area contributed by atoms with E-state index in [0.717, 1.165) is 44.0 Å². The van der Waals surface area contributed by atoms with E-state index >= 15 is 0 Å². The van der Waals surface area contributed by atoms with Crippen LogP contribution in [0.5, 0.6) is 5.75 Å². The van der Waals surface area contributed by atoms with Crippen molar-refractivity contribution in [3.05, 3.63) is 108 Å². The van der Waals surface area contributed by atoms with E-state index in [2.05, 4.69) is 23.7 Å². The third kappa shape index (κ3) is 4.63. The number of hydrogen-bond acceptors (Lipinski definition) is 5. The zero-order chi connectivity index (χ0) is 24.2. The molecule has 5 nitrogen and oxygen atoms in total. The second kappa shape index (κ2) is 9.80. The number of ether oxygens (including phenoxy) is 1. The average molecular weight is 475 g/mol. The van der Waals surface area contributed by atoms with Gasteiger partial charge in [0.25, 0.3) is 0 Å². The first kappa shape index (κ1) is 22.3. The minimum Gasteiger partial charge on any atom is -0.489 e. The Hall–Kier alpha value is -4.47. The molecule has 0 aliphatic heterocycles. The van der Waals surface area contributed by atoms with Crippen molar-refractivity contribution >= 4 is 33.2 Å². The van der Waals surface area contributed by atoms with E-state index in [-0.39, 0.29) is 0 Å². The van der Waals surface area contributed by atoms with Crippen LogP contribution in [0.1, 0.15) is 16.1 Å². The first-order valence-electron chi connectivity index (χ1n) is 11.1. The van der Waals surface area contributed by atoms with Crippen molar-refractivity contribution in [2.24, 2.45) is 0 Å². The number of nitrogens with zero attached hydrogens (tertiary/aromatic N) is 4. The van der Waals surface area contributed by atoms with Gasteiger partial charge in [-0.1, -0.05) is 43.0 Å². The van der Waals surface area contributed by atoms with Crippen molar-refractivity contribution in [2.45, 2.75) is 6.92 Å². The number of benzene rings is 3. The molecule has 2 heterocycles. The highest BCUT2D eigenvalue weighted by Gasteiger charge is 2.15. The Balaban J connectivity index is 1.63. The normalized spacial score (nSPS) is 11.4. The number of thiazole rings is 1. The van der Waals surface area contributed by atoms with Gasteiger partial charge in [0.2, 0.25) is 0 Å². The molecule has 0 radical (unpaired) electrons. The standard InChI is InChI=1S/C29H22N4OS/c1-3-15-34-26-14-13-21(16-20(26)2)28-23(19-33(32-28)24-9-5-4-6-10-24)17-22(18-30)29-31-25-11-7-8-12-27(25)35-29/h3-14,16-17,19H,1,15H2,2H3/b22-17-. The van der Waals surface area contributed by atoms with Gasteiger partial charge in [0.1, 0.15) is 29.1 Å². The summed E-state index contributed by atoms with van der Waals surface area (Å²) in [4.78, 5) is 4.68. The molecule has 0 fully saturated rings. The van der Waals surface area contributed by atoms with Gasteiger partial charge in [-0.05, 0) is 61.0 Å². The summed E-state index contributed by atoms with van der Waals surface area (Å²) in [6.45, 7) is 6.17. The van der Waals surface area contributed by atoms with E-state index in [4.69, 9.17) is 9.84 Å². The molecule has 0 saturated carbocycles. The maximum Gasteiger partial charge on any atom is 0.135 e. The van der Waals surface area contributed by atoms with E-state index in [1.807, 2.05) is 90.6 Å². The molecule has 0 N–H and O–H groups in total. The fraction of sp³-hybridized carbons (Fsp3) is 0.0690. The molecule has 170 valence electrons. The van der Waals surface area contributed by atoms with E-state index in [0.29, 0.717) is 17.2 Å². The van der Waals surface area contributed by atoms with Crippen LogP contribution in [0.2, 0.25) is 0 Å². The fourth-order valence-electron chi connectivity index (χ4n) is 3.82. The lowest BCUT2D eigenvalue weighted by Gasteiger charge is -2.09. The molecule has 0 spiro atoms. The summed E-state index contributed by atoms with van der Waals surface area (Å²) in [6.07, 6.45) is 5.55. The van der Waals surface area contributed by atoms with Gasteiger partial charge in [-0.2, -0.15) is 10.4 Å². The Labute approximate surface area is 207 Å². The van der Waals surface area contributed by atoms with E-state index in [1.165, 1.54) is 11.3 Å². The van der Waals surface area contributed by atoms with Crippen LogP contribution in [0.15, 0.2) is 91.6 Å². The van der Waals surface area contributed by atoms with Gasteiger partial charge >= 0.3 is 0 Å². The number of allylic oxidation sites excluding steroid dienone is 1. The minimum absolute atomic E-state index is 0.449. The SMILES string of the molecule is C=CCOc1ccc(-c2nn(-c3ccccc3)cc2/C=C(/C#N)c2nc3ccccc3s2)cc1C. The molecule has 2 aromatic heterocycles. The number of aryl methyl sites for hydroxylation is 1. The lowest BCUT2D eigenvalue weighted by atomic mass is 10.0. The Morgan fingerprint density at radius 2 is 1.91 bits per heavy atom. The van der Waals surface area contributed by atoms with Crippen molar-refractivity contribution in [1.29, 1.82) is 5.26 Å². The third-order valence-corrected chi connectivity index (χ3v) is 6.58. The third-order valence-electron chi connectivity index (χ3n) is 5.51. The summed E-state index contributed by atoms with van der Waals surface area (Å²) in [7, 11) is 0. The van der Waals surface area contributed by atoms with Crippen molar-refractivity contribution in [2.75, 3.05) is 6.61 Å². The Bertz CT molecular complexity index is 1560. The minimum atomic E-state index is 0.449. The van der Waals surface area contributed by atoms with Crippen molar-refractivity contribution in [3.8, 4) is 28.8 Å². The highest BCUT2D eigenvalue weighted by molar-refractivity contribution is 7.19. The van der Waals surface area contributed by atoms with Crippen molar-refractivity contribution < 1.29 is 4.74 Å². The largest absolute Gasteiger partial charge is 0.489 e. The second-order valence-electron chi connectivity index (χ2n) is 7.95. The zero-order valence-corrected chi connectivity index (χ0v) is 20.0. The molecule has 0 unspecified atom stereocenters. The van der Waals surface area contributed by atoms with Gasteiger partial charge in [-0.25, -0.2) is 9.67 Å². The van der Waals surface area contributed by atoms with Gasteiger partial charge in [-0.15, -0.1) is 11.3 Å². The van der Waals surface area contributed by atoms with Crippen LogP contribution in [0, 0.1) is 18.3 Å². The quantitative estimate of drug-likeness (QED) is 0.187. The summed E-state index contributed by atoms with van der Waals surface area (Å²) < 4.78 is 8.63. The molecule has 6 heteroatoms. The van der Waals surface area contributed by atoms with E-state index < -0.39 is 0 Å². The number of nitriles is 1. The molecule has 0 aliphatic carbocycles. The monoisotopic (exact) mass is 474 g/mol. The van der Waals surface area contributed by atoms with Crippen LogP contribution in [-0.4, -0.2) is 21.4 Å². The summed E-state index contributed by atoms with van der Waals surface area (Å²) in [5, 5.41) is 15.6. The van der Waals surface area contributed by atoms with Crippen LogP contribution >= 0.6 is 11.3 Å². The topological polar surface area (TPSA) is 63.7 Å². The first-order chi connectivity index (χ1) is 17.2. The predicted octanol–water partition coefficient (Wildman–Crippen LogP) is 7.09. The van der Waals surface area contributed by atoms with Crippen LogP contribution < -0.4 is 4.74 Å². The van der Waals surface area contributed by atoms with Gasteiger partial charge in [-0.3, -0.25) is 0 Å². The molecule has 0 saturated heterocycles. The molecule has 0 atom stereocenters. The van der Waals surface area contributed by atoms with Gasteiger partial charge in [0.15, 0.2) is 0 Å². The molecular weight excluding hydrogens is 452 g/mol. The number of aromatic nitrogens is 3. The molecular formula is C29H22N4OS. The number of para-hydroxylation sites is 2. The Kier molecular flexibility index (Phi) is 6.25. The molecule has 0 amide bonds. The van der Waals surface area contributed by atoms with Crippen molar-refractivity contribution in [3.63, 3.8) is 0 Å². The van der Waals surface area contributed by atoms with Crippen molar-refractivity contribution in [1.82, 2.24) is 14.8 Å². The summed E-state index contributed by atoms with van der Waals surface area (Å²) in [6, 6.07) is 26.2. The highest BCUT2D eigenvalue weighted by Crippen LogP contribution is 2.33. The molecule has 0 bridgehead atoms. The molecule has 0 aliphatic rings. The van der Waals surface area contributed by atoms with Gasteiger partial charge < -0.3 is 4.74 Å². The fourth-order valence-corrected chi connectivity index (χ4v) is 4.75. The summed E-state index contributed by atoms with van der Waals surface area (Å²) in [5.41, 5.74) is 5.89. The van der Waals surface area contributed by atoms with Crippen LogP contribution in [-0.2, 0) is 0 Å². The van der Waals surface area contributed by atoms with E-state index in [1.54, 1.807) is 6.08 Å². The van der Waals surface area contributed by atoms with E-state index in [9.17, 15) is 5.26 Å². The van der Waals surface area contributed by atoms with Crippen LogP contribution in [0.25, 0.3) is 38.8 Å². The van der Waals surface area contributed by atoms with Crippen LogP contribution in [0.4, 0.5) is 0 Å².